The molecular weight excluding hydrogens is 574 g/mol. The number of aliphatic carboxylic acids is 1. The van der Waals surface area contributed by atoms with E-state index in [1.165, 1.54) is 0 Å². The number of hydrogen-bond donors (Lipinski definition) is 2. The maximum absolute atomic E-state index is 13.4. The van der Waals surface area contributed by atoms with E-state index in [9.17, 15) is 23.1 Å². The van der Waals surface area contributed by atoms with Crippen molar-refractivity contribution in [1.29, 1.82) is 0 Å². The first-order chi connectivity index (χ1) is 19.9. The highest BCUT2D eigenvalue weighted by molar-refractivity contribution is 7.90. The van der Waals surface area contributed by atoms with Crippen LogP contribution in [0.25, 0.3) is 11.1 Å². The van der Waals surface area contributed by atoms with Crippen LogP contribution < -0.4 is 5.32 Å². The van der Waals surface area contributed by atoms with Crippen molar-refractivity contribution < 1.29 is 27.9 Å². The van der Waals surface area contributed by atoms with E-state index in [4.69, 9.17) is 4.74 Å². The molecule has 1 heterocycles. The Kier molecular flexibility index (Phi) is 12.2. The van der Waals surface area contributed by atoms with Gasteiger partial charge in [-0.2, -0.15) is 0 Å². The lowest BCUT2D eigenvalue weighted by molar-refractivity contribution is -0.139. The Labute approximate surface area is 252 Å². The lowest BCUT2D eigenvalue weighted by atomic mass is 9.93. The Morgan fingerprint density at radius 3 is 2.50 bits per heavy atom. The van der Waals surface area contributed by atoms with Gasteiger partial charge in [0.2, 0.25) is 0 Å². The van der Waals surface area contributed by atoms with Gasteiger partial charge < -0.3 is 20.1 Å². The van der Waals surface area contributed by atoms with Gasteiger partial charge in [-0.3, -0.25) is 4.79 Å². The summed E-state index contributed by atoms with van der Waals surface area (Å²) < 4.78 is 29.7. The van der Waals surface area contributed by atoms with Crippen LogP contribution in [0.3, 0.4) is 0 Å². The number of unbranched alkanes of at least 4 members (excludes halogenated alkanes) is 1. The van der Waals surface area contributed by atoms with Gasteiger partial charge in [0.05, 0.1) is 23.3 Å². The molecule has 2 aromatic carbocycles. The van der Waals surface area contributed by atoms with Crippen LogP contribution in [0.15, 0.2) is 48.7 Å². The molecule has 9 nitrogen and oxygen atoms in total. The Bertz CT molecular complexity index is 1470. The minimum atomic E-state index is -3.39. The highest BCUT2D eigenvalue weighted by Gasteiger charge is 2.24. The Hall–Kier alpha value is -3.12. The van der Waals surface area contributed by atoms with Crippen LogP contribution in [0, 0.1) is 6.92 Å². The van der Waals surface area contributed by atoms with Crippen molar-refractivity contribution in [3.63, 3.8) is 0 Å². The molecule has 2 unspecified atom stereocenters. The van der Waals surface area contributed by atoms with Gasteiger partial charge >= 0.3 is 5.97 Å². The average Bonchev–Trinajstić information content (AvgIpc) is 3.38. The third-order valence-electron chi connectivity index (χ3n) is 6.76. The quantitative estimate of drug-likeness (QED) is 0.224. The van der Waals surface area contributed by atoms with Crippen LogP contribution in [0.5, 0.6) is 0 Å². The number of nitrogens with zero attached hydrogens (tertiary/aromatic N) is 2. The van der Waals surface area contributed by atoms with Gasteiger partial charge in [-0.25, -0.2) is 18.2 Å². The van der Waals surface area contributed by atoms with Crippen LogP contribution in [-0.2, 0) is 32.5 Å². The van der Waals surface area contributed by atoms with Crippen LogP contribution >= 0.6 is 11.3 Å². The van der Waals surface area contributed by atoms with Crippen molar-refractivity contribution in [2.24, 2.45) is 0 Å². The molecular formula is C31H41N3O6S2. The van der Waals surface area contributed by atoms with E-state index in [0.29, 0.717) is 17.7 Å². The lowest BCUT2D eigenvalue weighted by Crippen LogP contribution is -2.42. The summed E-state index contributed by atoms with van der Waals surface area (Å²) in [5, 5.41) is 13.2. The minimum absolute atomic E-state index is 0.102. The number of ether oxygens (including phenoxy) is 1. The van der Waals surface area contributed by atoms with E-state index in [2.05, 4.69) is 22.1 Å². The average molecular weight is 616 g/mol. The molecule has 3 aromatic rings. The first-order valence-electron chi connectivity index (χ1n) is 14.0. The number of aryl methyl sites for hydroxylation is 1. The van der Waals surface area contributed by atoms with Gasteiger partial charge in [0.15, 0.2) is 0 Å². The van der Waals surface area contributed by atoms with E-state index >= 15 is 0 Å². The molecule has 0 spiro atoms. The van der Waals surface area contributed by atoms with Crippen molar-refractivity contribution >= 4 is 33.1 Å². The van der Waals surface area contributed by atoms with E-state index in [-0.39, 0.29) is 18.3 Å². The Morgan fingerprint density at radius 1 is 1.12 bits per heavy atom. The van der Waals surface area contributed by atoms with Crippen molar-refractivity contribution in [3.05, 3.63) is 75.2 Å². The number of amides is 1. The Balaban J connectivity index is 1.89. The molecule has 0 bridgehead atoms. The summed E-state index contributed by atoms with van der Waals surface area (Å²) in [5.74, 6) is -2.22. The number of hydrogen-bond acceptors (Lipinski definition) is 8. The monoisotopic (exact) mass is 615 g/mol. The van der Waals surface area contributed by atoms with E-state index in [1.807, 2.05) is 63.6 Å². The van der Waals surface area contributed by atoms with Crippen molar-refractivity contribution in [1.82, 2.24) is 15.2 Å². The topological polar surface area (TPSA) is 126 Å². The third-order valence-corrected chi connectivity index (χ3v) is 8.81. The third kappa shape index (κ3) is 10.0. The zero-order valence-corrected chi connectivity index (χ0v) is 26.6. The first kappa shape index (κ1) is 33.4. The molecule has 0 saturated carbocycles. The number of benzene rings is 2. The fourth-order valence-electron chi connectivity index (χ4n) is 4.51. The number of nitrogens with one attached hydrogen (secondary N) is 1. The normalized spacial score (nSPS) is 13.2. The highest BCUT2D eigenvalue weighted by Crippen LogP contribution is 2.32. The summed E-state index contributed by atoms with van der Waals surface area (Å²) in [6.07, 6.45) is 5.55. The molecule has 0 saturated heterocycles. The molecule has 0 aliphatic heterocycles. The van der Waals surface area contributed by atoms with Crippen LogP contribution in [-0.4, -0.2) is 67.4 Å². The second-order valence-corrected chi connectivity index (χ2v) is 14.2. The molecule has 1 aromatic heterocycles. The fourth-order valence-corrected chi connectivity index (χ4v) is 6.30. The lowest BCUT2D eigenvalue weighted by Gasteiger charge is -2.19. The van der Waals surface area contributed by atoms with Gasteiger partial charge in [-0.15, -0.1) is 11.3 Å². The molecule has 0 aliphatic rings. The minimum Gasteiger partial charge on any atom is -0.480 e. The van der Waals surface area contributed by atoms with Crippen LogP contribution in [0.1, 0.15) is 70.1 Å². The molecule has 0 radical (unpaired) electrons. The molecule has 11 heteroatoms. The molecule has 2 atom stereocenters. The highest BCUT2D eigenvalue weighted by atomic mass is 32.2. The molecule has 2 N–H and O–H groups in total. The molecule has 3 rings (SSSR count). The summed E-state index contributed by atoms with van der Waals surface area (Å²) in [5.41, 5.74) is 3.62. The second-order valence-electron chi connectivity index (χ2n) is 10.8. The molecule has 42 heavy (non-hydrogen) atoms. The number of aromatic nitrogens is 1. The van der Waals surface area contributed by atoms with Crippen molar-refractivity contribution in [3.8, 4) is 11.1 Å². The smallest absolute Gasteiger partial charge is 0.326 e. The van der Waals surface area contributed by atoms with Gasteiger partial charge in [0.25, 0.3) is 5.91 Å². The number of carbonyl (C=O) groups excluding carboxylic acids is 1. The number of carbonyl (C=O) groups is 2. The predicted molar refractivity (Wildman–Crippen MR) is 166 cm³/mol. The van der Waals surface area contributed by atoms with Gasteiger partial charge in [-0.05, 0) is 68.2 Å². The van der Waals surface area contributed by atoms with E-state index in [1.54, 1.807) is 17.4 Å². The summed E-state index contributed by atoms with van der Waals surface area (Å²) in [4.78, 5) is 32.9. The van der Waals surface area contributed by atoms with Gasteiger partial charge in [-0.1, -0.05) is 50.1 Å². The molecule has 0 aliphatic carbocycles. The predicted octanol–water partition coefficient (Wildman–Crippen LogP) is 5.25. The van der Waals surface area contributed by atoms with Crippen molar-refractivity contribution in [2.45, 2.75) is 64.8 Å². The largest absolute Gasteiger partial charge is 0.480 e. The van der Waals surface area contributed by atoms with Crippen LogP contribution in [0.2, 0.25) is 0 Å². The molecule has 228 valence electrons. The standard InChI is InChI=1S/C31H41N3O6S2/c1-6-7-12-27(28-18-32-29(41-28)19-34(3)4)40-20-22-13-14-24(25(17-22)23-11-9-8-10-21(23)2)30(35)33-26(31(36)37)15-16-42(5,38)39/h8-11,13-14,17-18,26-27H,6-7,12,15-16,19-20H2,1-5H3,(H,33,35)(H,36,37). The summed E-state index contributed by atoms with van der Waals surface area (Å²) in [7, 11) is 0.634. The number of carboxylic acids is 1. The maximum Gasteiger partial charge on any atom is 0.326 e. The molecule has 1 amide bonds. The van der Waals surface area contributed by atoms with Crippen molar-refractivity contribution in [2.75, 3.05) is 26.1 Å². The zero-order chi connectivity index (χ0) is 30.9. The first-order valence-corrected chi connectivity index (χ1v) is 16.9. The summed E-state index contributed by atoms with van der Waals surface area (Å²) >= 11 is 1.66. The fraction of sp³-hybridized carbons (Fsp3) is 0.452. The van der Waals surface area contributed by atoms with E-state index in [0.717, 1.165) is 58.6 Å². The number of carboxylic acid groups (broad SMARTS) is 1. The van der Waals surface area contributed by atoms with Crippen LogP contribution in [0.4, 0.5) is 0 Å². The zero-order valence-electron chi connectivity index (χ0n) is 24.9. The second kappa shape index (κ2) is 15.4. The number of sulfone groups is 1. The van der Waals surface area contributed by atoms with Gasteiger partial charge in [0.1, 0.15) is 20.9 Å². The van der Waals surface area contributed by atoms with Gasteiger partial charge in [0, 0.05) is 24.6 Å². The number of rotatable bonds is 16. The Morgan fingerprint density at radius 2 is 1.86 bits per heavy atom. The summed E-state index contributed by atoms with van der Waals surface area (Å²) in [6, 6.07) is 11.7. The summed E-state index contributed by atoms with van der Waals surface area (Å²) in [6.45, 7) is 5.19. The number of thiazole rings is 1. The maximum atomic E-state index is 13.4. The molecule has 0 fully saturated rings. The van der Waals surface area contributed by atoms with E-state index < -0.39 is 27.8 Å². The SMILES string of the molecule is CCCCC(OCc1ccc(C(=O)NC(CCS(C)(=O)=O)C(=O)O)c(-c2ccccc2C)c1)c1cnc(CN(C)C)s1.